The molecule has 0 spiro atoms. The second-order valence-electron chi connectivity index (χ2n) is 9.90. The van der Waals surface area contributed by atoms with Crippen LogP contribution in [0.5, 0.6) is 0 Å². The number of carbonyl (C=O) groups excluding carboxylic acids is 1. The van der Waals surface area contributed by atoms with Crippen molar-refractivity contribution in [2.75, 3.05) is 0 Å². The van der Waals surface area contributed by atoms with E-state index >= 15 is 0 Å². The van der Waals surface area contributed by atoms with Crippen LogP contribution in [-0.2, 0) is 12.8 Å². The summed E-state index contributed by atoms with van der Waals surface area (Å²) in [5.41, 5.74) is 10.8. The predicted octanol–water partition coefficient (Wildman–Crippen LogP) is 5.20. The fourth-order valence-electron chi connectivity index (χ4n) is 5.57. The molecule has 0 unspecified atom stereocenters. The molecule has 10 nitrogen and oxygen atoms in total. The van der Waals surface area contributed by atoms with Gasteiger partial charge in [-0.2, -0.15) is 15.1 Å². The Balaban J connectivity index is 1.53. The van der Waals surface area contributed by atoms with Crippen LogP contribution >= 0.6 is 0 Å². The lowest BCUT2D eigenvalue weighted by atomic mass is 9.94. The minimum atomic E-state index is -1.18. The molecular weight excluding hydrogens is 494 g/mol. The lowest BCUT2D eigenvalue weighted by Gasteiger charge is -2.25. The number of urea groups is 1. The van der Waals surface area contributed by atoms with Crippen LogP contribution in [0, 0.1) is 4.91 Å². The molecule has 1 fully saturated rings. The summed E-state index contributed by atoms with van der Waals surface area (Å²) in [6.07, 6.45) is 9.01. The second kappa shape index (κ2) is 11.5. The van der Waals surface area contributed by atoms with Crippen LogP contribution in [0.2, 0.25) is 0 Å². The van der Waals surface area contributed by atoms with Gasteiger partial charge in [0.2, 0.25) is 5.78 Å². The normalized spacial score (nSPS) is 14.5. The Morgan fingerprint density at radius 2 is 1.82 bits per heavy atom. The van der Waals surface area contributed by atoms with Gasteiger partial charge in [-0.1, -0.05) is 81.1 Å². The largest absolute Gasteiger partial charge is 0.406 e. The van der Waals surface area contributed by atoms with Crippen molar-refractivity contribution < 1.29 is 4.79 Å². The summed E-state index contributed by atoms with van der Waals surface area (Å²) >= 11 is 0. The van der Waals surface area contributed by atoms with Crippen molar-refractivity contribution in [3.63, 3.8) is 0 Å². The Bertz CT molecular complexity index is 1600. The van der Waals surface area contributed by atoms with Gasteiger partial charge in [-0.25, -0.2) is 9.31 Å². The molecule has 2 heterocycles. The monoisotopic (exact) mass is 525 g/mol. The van der Waals surface area contributed by atoms with Gasteiger partial charge in [0, 0.05) is 28.8 Å². The van der Waals surface area contributed by atoms with E-state index in [-0.39, 0.29) is 17.4 Å². The molecule has 2 amide bonds. The SMILES string of the molecule is CCCc1c(Cc2ccc(-c3ccccc3/C(N)=N/C(=O)N=O)cc2)c(=O)n(C2CCCCC2)c2ncnn12. The summed E-state index contributed by atoms with van der Waals surface area (Å²) in [5.74, 6) is 0.557. The zero-order valence-corrected chi connectivity index (χ0v) is 21.9. The number of carbonyl (C=O) groups is 1. The Morgan fingerprint density at radius 1 is 1.08 bits per heavy atom. The highest BCUT2D eigenvalue weighted by Crippen LogP contribution is 2.29. The van der Waals surface area contributed by atoms with Crippen LogP contribution in [-0.4, -0.2) is 31.0 Å². The number of amidine groups is 1. The molecule has 1 aliphatic carbocycles. The zero-order valence-electron chi connectivity index (χ0n) is 21.9. The molecule has 1 aliphatic rings. The summed E-state index contributed by atoms with van der Waals surface area (Å²) in [4.78, 5) is 43.9. The van der Waals surface area contributed by atoms with Crippen molar-refractivity contribution in [1.82, 2.24) is 19.2 Å². The van der Waals surface area contributed by atoms with E-state index in [0.29, 0.717) is 17.8 Å². The standard InChI is InChI=1S/C29H31N7O3/c1-2-8-25-24(27(37)35(21-9-4-3-5-10-21)29-31-18-32-36(25)29)17-19-13-15-20(16-14-19)22-11-6-7-12-23(22)26(30)33-28(38)34-39/h6-7,11-16,18,21H,2-5,8-10,17H2,1H3,(H2,30,33,38). The van der Waals surface area contributed by atoms with Crippen molar-refractivity contribution in [3.05, 3.63) is 92.5 Å². The minimum absolute atomic E-state index is 0.0257. The number of hydrogen-bond acceptors (Lipinski definition) is 5. The third kappa shape index (κ3) is 5.27. The number of fused-ring (bicyclic) bond motifs is 1. The van der Waals surface area contributed by atoms with Crippen molar-refractivity contribution in [3.8, 4) is 11.1 Å². The number of hydrogen-bond donors (Lipinski definition) is 1. The first-order valence-electron chi connectivity index (χ1n) is 13.4. The Morgan fingerprint density at radius 3 is 2.54 bits per heavy atom. The van der Waals surface area contributed by atoms with E-state index in [4.69, 9.17) is 5.73 Å². The molecule has 2 aromatic heterocycles. The third-order valence-electron chi connectivity index (χ3n) is 7.40. The fraction of sp³-hybridized carbons (Fsp3) is 0.345. The van der Waals surface area contributed by atoms with Gasteiger partial charge in [0.1, 0.15) is 12.2 Å². The van der Waals surface area contributed by atoms with Crippen molar-refractivity contribution in [1.29, 1.82) is 0 Å². The maximum Gasteiger partial charge on any atom is 0.406 e. The summed E-state index contributed by atoms with van der Waals surface area (Å²) in [5, 5.41) is 6.81. The van der Waals surface area contributed by atoms with Crippen molar-refractivity contribution in [2.45, 2.75) is 64.3 Å². The summed E-state index contributed by atoms with van der Waals surface area (Å²) in [6, 6.07) is 14.1. The first-order chi connectivity index (χ1) is 19.0. The highest BCUT2D eigenvalue weighted by Gasteiger charge is 2.24. The summed E-state index contributed by atoms with van der Waals surface area (Å²) in [7, 11) is 0. The molecule has 200 valence electrons. The van der Waals surface area contributed by atoms with E-state index in [2.05, 4.69) is 27.2 Å². The van der Waals surface area contributed by atoms with Gasteiger partial charge in [-0.05, 0) is 36.0 Å². The van der Waals surface area contributed by atoms with Crippen LogP contribution in [0.25, 0.3) is 16.9 Å². The molecule has 2 N–H and O–H groups in total. The predicted molar refractivity (Wildman–Crippen MR) is 150 cm³/mol. The highest BCUT2D eigenvalue weighted by molar-refractivity contribution is 6.08. The maximum absolute atomic E-state index is 14.0. The van der Waals surface area contributed by atoms with Crippen molar-refractivity contribution in [2.24, 2.45) is 15.9 Å². The van der Waals surface area contributed by atoms with E-state index in [1.165, 1.54) is 12.7 Å². The molecule has 0 atom stereocenters. The van der Waals surface area contributed by atoms with Gasteiger partial charge in [-0.15, -0.1) is 4.91 Å². The number of rotatable bonds is 7. The zero-order chi connectivity index (χ0) is 27.4. The molecule has 0 radical (unpaired) electrons. The fourth-order valence-corrected chi connectivity index (χ4v) is 5.57. The number of aliphatic imine (C=N–C) groups is 1. The first-order valence-corrected chi connectivity index (χ1v) is 13.4. The van der Waals surface area contributed by atoms with E-state index in [1.807, 2.05) is 45.5 Å². The van der Waals surface area contributed by atoms with E-state index < -0.39 is 6.03 Å². The Kier molecular flexibility index (Phi) is 7.72. The molecule has 0 aliphatic heterocycles. The highest BCUT2D eigenvalue weighted by atomic mass is 16.3. The number of benzene rings is 2. The molecule has 39 heavy (non-hydrogen) atoms. The smallest absolute Gasteiger partial charge is 0.383 e. The molecule has 10 heteroatoms. The van der Waals surface area contributed by atoms with Crippen LogP contribution in [0.4, 0.5) is 4.79 Å². The van der Waals surface area contributed by atoms with Crippen LogP contribution in [0.3, 0.4) is 0 Å². The average molecular weight is 526 g/mol. The number of nitroso groups, excluding NO2 is 1. The van der Waals surface area contributed by atoms with Gasteiger partial charge in [-0.3, -0.25) is 9.36 Å². The van der Waals surface area contributed by atoms with Gasteiger partial charge in [0.05, 0.1) is 5.69 Å². The van der Waals surface area contributed by atoms with E-state index in [9.17, 15) is 14.5 Å². The average Bonchev–Trinajstić information content (AvgIpc) is 3.45. The summed E-state index contributed by atoms with van der Waals surface area (Å²) in [6.45, 7) is 2.10. The Labute approximate surface area is 225 Å². The number of amides is 2. The number of aromatic nitrogens is 4. The van der Waals surface area contributed by atoms with E-state index in [1.54, 1.807) is 12.1 Å². The number of nitrogens with zero attached hydrogens (tertiary/aromatic N) is 6. The molecule has 2 aromatic carbocycles. The summed E-state index contributed by atoms with van der Waals surface area (Å²) < 4.78 is 3.74. The van der Waals surface area contributed by atoms with Gasteiger partial charge < -0.3 is 5.73 Å². The molecular formula is C29H31N7O3. The Hall–Kier alpha value is -4.47. The quantitative estimate of drug-likeness (QED) is 0.200. The topological polar surface area (TPSA) is 137 Å². The van der Waals surface area contributed by atoms with Crippen LogP contribution < -0.4 is 11.3 Å². The van der Waals surface area contributed by atoms with Gasteiger partial charge in [0.25, 0.3) is 5.56 Å². The van der Waals surface area contributed by atoms with E-state index in [0.717, 1.165) is 66.5 Å². The number of nitrogens with two attached hydrogens (primary N) is 1. The molecule has 4 aromatic rings. The lowest BCUT2D eigenvalue weighted by molar-refractivity contribution is 0.256. The molecule has 0 saturated heterocycles. The van der Waals surface area contributed by atoms with Gasteiger partial charge >= 0.3 is 6.03 Å². The molecule has 5 rings (SSSR count). The lowest BCUT2D eigenvalue weighted by Crippen LogP contribution is -2.33. The van der Waals surface area contributed by atoms with Crippen LogP contribution in [0.1, 0.15) is 73.9 Å². The van der Waals surface area contributed by atoms with Crippen molar-refractivity contribution >= 4 is 17.6 Å². The maximum atomic E-state index is 14.0. The third-order valence-corrected chi connectivity index (χ3v) is 7.40. The van der Waals surface area contributed by atoms with Gasteiger partial charge in [0.15, 0.2) is 0 Å². The first kappa shape index (κ1) is 26.1. The molecule has 0 bridgehead atoms. The second-order valence-corrected chi connectivity index (χ2v) is 9.90. The molecule has 1 saturated carbocycles. The van der Waals surface area contributed by atoms with Crippen LogP contribution in [0.15, 0.2) is 69.8 Å². The number of aryl methyl sites for hydroxylation is 1. The minimum Gasteiger partial charge on any atom is -0.383 e.